The smallest absolute Gasteiger partial charge is 0.338 e. The van der Waals surface area contributed by atoms with Crippen LogP contribution in [0.2, 0.25) is 0 Å². The van der Waals surface area contributed by atoms with Crippen LogP contribution in [-0.4, -0.2) is 33.4 Å². The van der Waals surface area contributed by atoms with Crippen molar-refractivity contribution in [3.63, 3.8) is 0 Å². The van der Waals surface area contributed by atoms with Gasteiger partial charge in [0.15, 0.2) is 0 Å². The van der Waals surface area contributed by atoms with Crippen molar-refractivity contribution < 1.29 is 22.1 Å². The van der Waals surface area contributed by atoms with Gasteiger partial charge < -0.3 is 4.74 Å². The van der Waals surface area contributed by atoms with E-state index < -0.39 is 10.1 Å². The van der Waals surface area contributed by atoms with Crippen molar-refractivity contribution >= 4 is 16.1 Å². The van der Waals surface area contributed by atoms with Crippen LogP contribution in [0.5, 0.6) is 0 Å². The highest BCUT2D eigenvalue weighted by Gasteiger charge is 2.57. The highest BCUT2D eigenvalue weighted by atomic mass is 32.2. The van der Waals surface area contributed by atoms with Gasteiger partial charge in [-0.15, -0.1) is 0 Å². The molecule has 0 aromatic heterocycles. The number of benzene rings is 1. The maximum atomic E-state index is 12.7. The normalized spacial score (nSPS) is 33.5. The minimum absolute atomic E-state index is 0.125. The number of carbonyl (C=O) groups excluding carboxylic acids is 1. The summed E-state index contributed by atoms with van der Waals surface area (Å²) in [4.78, 5) is 12.7. The molecule has 0 spiro atoms. The SMILES string of the molecule is C[C@]1([C@@]2(C)CCCC[C@H]2OC(=O)c2ccccc2)CCC[C@H]1COS(C)(=O)=O. The lowest BCUT2D eigenvalue weighted by atomic mass is 9.54. The van der Waals surface area contributed by atoms with Gasteiger partial charge in [-0.1, -0.05) is 44.9 Å². The van der Waals surface area contributed by atoms with Crippen LogP contribution in [0.3, 0.4) is 0 Å². The molecule has 1 aromatic carbocycles. The first kappa shape index (κ1) is 21.3. The number of rotatable bonds is 6. The van der Waals surface area contributed by atoms with E-state index in [9.17, 15) is 13.2 Å². The molecule has 0 saturated heterocycles. The van der Waals surface area contributed by atoms with Gasteiger partial charge in [-0.3, -0.25) is 4.18 Å². The molecule has 5 nitrogen and oxygen atoms in total. The van der Waals surface area contributed by atoms with E-state index in [0.29, 0.717) is 5.56 Å². The second-order valence-electron chi connectivity index (χ2n) is 8.92. The van der Waals surface area contributed by atoms with E-state index in [2.05, 4.69) is 13.8 Å². The lowest BCUT2D eigenvalue weighted by molar-refractivity contribution is -0.114. The maximum absolute atomic E-state index is 12.7. The van der Waals surface area contributed by atoms with Crippen LogP contribution in [0.25, 0.3) is 0 Å². The van der Waals surface area contributed by atoms with E-state index >= 15 is 0 Å². The molecule has 1 aromatic rings. The molecule has 2 saturated carbocycles. The molecule has 0 amide bonds. The lowest BCUT2D eigenvalue weighted by Gasteiger charge is -2.53. The van der Waals surface area contributed by atoms with Crippen molar-refractivity contribution in [1.82, 2.24) is 0 Å². The summed E-state index contributed by atoms with van der Waals surface area (Å²) < 4.78 is 34.3. The summed E-state index contributed by atoms with van der Waals surface area (Å²) in [5.74, 6) is -0.132. The Labute approximate surface area is 168 Å². The standard InChI is InChI=1S/C22H32O5S/c1-21(15-9-12-18(21)16-26-28(3,24)25)22(2)14-8-7-13-19(22)27-20(23)17-10-5-4-6-11-17/h4-6,10-11,18-19H,7-9,12-16H2,1-3H3/t18-,19+,21-,22-/m0/s1. The van der Waals surface area contributed by atoms with Crippen LogP contribution in [0.1, 0.15) is 69.2 Å². The van der Waals surface area contributed by atoms with Gasteiger partial charge in [0, 0.05) is 5.41 Å². The average molecular weight is 409 g/mol. The highest BCUT2D eigenvalue weighted by Crippen LogP contribution is 2.60. The Hall–Kier alpha value is -1.40. The van der Waals surface area contributed by atoms with Gasteiger partial charge in [-0.05, 0) is 55.6 Å². The van der Waals surface area contributed by atoms with Gasteiger partial charge in [-0.2, -0.15) is 8.42 Å². The fourth-order valence-corrected chi connectivity index (χ4v) is 5.79. The van der Waals surface area contributed by atoms with Crippen LogP contribution in [-0.2, 0) is 19.0 Å². The van der Waals surface area contributed by atoms with E-state index in [1.54, 1.807) is 12.1 Å². The Morgan fingerprint density at radius 1 is 1.04 bits per heavy atom. The number of hydrogen-bond acceptors (Lipinski definition) is 5. The summed E-state index contributed by atoms with van der Waals surface area (Å²) in [5.41, 5.74) is 0.251. The zero-order valence-electron chi connectivity index (χ0n) is 17.1. The fraction of sp³-hybridized carbons (Fsp3) is 0.682. The Morgan fingerprint density at radius 3 is 2.39 bits per heavy atom. The first-order valence-electron chi connectivity index (χ1n) is 10.3. The summed E-state index contributed by atoms with van der Waals surface area (Å²) in [7, 11) is -3.47. The largest absolute Gasteiger partial charge is 0.458 e. The molecule has 0 bridgehead atoms. The third-order valence-corrected chi connectivity index (χ3v) is 7.88. The van der Waals surface area contributed by atoms with Gasteiger partial charge in [0.05, 0.1) is 18.4 Å². The average Bonchev–Trinajstić information content (AvgIpc) is 3.04. The minimum Gasteiger partial charge on any atom is -0.458 e. The zero-order chi connectivity index (χ0) is 20.4. The van der Waals surface area contributed by atoms with Crippen molar-refractivity contribution in [3.8, 4) is 0 Å². The number of esters is 1. The fourth-order valence-electron chi connectivity index (χ4n) is 5.38. The summed E-state index contributed by atoms with van der Waals surface area (Å²) in [6, 6.07) is 9.12. The molecular formula is C22H32O5S. The van der Waals surface area contributed by atoms with Crippen molar-refractivity contribution in [2.24, 2.45) is 16.7 Å². The van der Waals surface area contributed by atoms with Crippen molar-refractivity contribution in [1.29, 1.82) is 0 Å². The predicted molar refractivity (Wildman–Crippen MR) is 108 cm³/mol. The van der Waals surface area contributed by atoms with Crippen molar-refractivity contribution in [3.05, 3.63) is 35.9 Å². The Kier molecular flexibility index (Phi) is 6.20. The summed E-state index contributed by atoms with van der Waals surface area (Å²) in [6.45, 7) is 4.68. The van der Waals surface area contributed by atoms with E-state index in [1.807, 2.05) is 18.2 Å². The highest BCUT2D eigenvalue weighted by molar-refractivity contribution is 7.85. The Bertz CT molecular complexity index is 790. The van der Waals surface area contributed by atoms with Crippen molar-refractivity contribution in [2.45, 2.75) is 64.9 Å². The quantitative estimate of drug-likeness (QED) is 0.509. The molecule has 0 radical (unpaired) electrons. The third-order valence-electron chi connectivity index (χ3n) is 7.32. The van der Waals surface area contributed by atoms with E-state index in [4.69, 9.17) is 8.92 Å². The van der Waals surface area contributed by atoms with Crippen LogP contribution >= 0.6 is 0 Å². The molecule has 0 unspecified atom stereocenters. The third kappa shape index (κ3) is 4.28. The number of hydrogen-bond donors (Lipinski definition) is 0. The predicted octanol–water partition coefficient (Wildman–Crippen LogP) is 4.57. The van der Waals surface area contributed by atoms with Gasteiger partial charge in [0.2, 0.25) is 0 Å². The summed E-state index contributed by atoms with van der Waals surface area (Å²) >= 11 is 0. The number of ether oxygens (including phenoxy) is 1. The minimum atomic E-state index is -3.47. The molecule has 2 fully saturated rings. The molecule has 0 heterocycles. The maximum Gasteiger partial charge on any atom is 0.338 e. The number of carbonyl (C=O) groups is 1. The summed E-state index contributed by atoms with van der Waals surface area (Å²) in [6.07, 6.45) is 7.90. The van der Waals surface area contributed by atoms with E-state index in [1.165, 1.54) is 0 Å². The molecule has 2 aliphatic rings. The molecule has 3 rings (SSSR count). The van der Waals surface area contributed by atoms with Crippen LogP contribution in [0.15, 0.2) is 30.3 Å². The first-order chi connectivity index (χ1) is 13.2. The molecule has 28 heavy (non-hydrogen) atoms. The van der Waals surface area contributed by atoms with Gasteiger partial charge in [-0.25, -0.2) is 4.79 Å². The topological polar surface area (TPSA) is 69.7 Å². The van der Waals surface area contributed by atoms with Gasteiger partial charge >= 0.3 is 5.97 Å². The first-order valence-corrected chi connectivity index (χ1v) is 12.1. The Balaban J connectivity index is 1.82. The van der Waals surface area contributed by atoms with E-state index in [-0.39, 0.29) is 35.4 Å². The van der Waals surface area contributed by atoms with Crippen molar-refractivity contribution in [2.75, 3.05) is 12.9 Å². The lowest BCUT2D eigenvalue weighted by Crippen LogP contribution is -2.52. The van der Waals surface area contributed by atoms with Crippen LogP contribution < -0.4 is 0 Å². The molecule has 156 valence electrons. The molecule has 0 N–H and O–H groups in total. The summed E-state index contributed by atoms with van der Waals surface area (Å²) in [5, 5.41) is 0. The molecular weight excluding hydrogens is 376 g/mol. The second-order valence-corrected chi connectivity index (χ2v) is 10.6. The van der Waals surface area contributed by atoms with Crippen LogP contribution in [0.4, 0.5) is 0 Å². The second kappa shape index (κ2) is 8.15. The molecule has 0 aliphatic heterocycles. The molecule has 6 heteroatoms. The molecule has 2 aliphatic carbocycles. The van der Waals surface area contributed by atoms with Gasteiger partial charge in [0.25, 0.3) is 10.1 Å². The van der Waals surface area contributed by atoms with Gasteiger partial charge in [0.1, 0.15) is 6.10 Å². The zero-order valence-corrected chi connectivity index (χ0v) is 18.0. The Morgan fingerprint density at radius 2 is 1.71 bits per heavy atom. The monoisotopic (exact) mass is 408 g/mol. The molecule has 4 atom stereocenters. The van der Waals surface area contributed by atoms with E-state index in [0.717, 1.165) is 51.2 Å². The van der Waals surface area contributed by atoms with Crippen LogP contribution in [0, 0.1) is 16.7 Å².